The van der Waals surface area contributed by atoms with Gasteiger partial charge in [0.25, 0.3) is 12.2 Å². The monoisotopic (exact) mass is 431 g/mol. The minimum Gasteiger partial charge on any atom is -0.460 e. The molecule has 0 aliphatic rings. The predicted molar refractivity (Wildman–Crippen MR) is 120 cm³/mol. The molecule has 0 saturated heterocycles. The molecular formula is C22H26ClN3O4. The lowest BCUT2D eigenvalue weighted by atomic mass is 10.1. The molecule has 30 heavy (non-hydrogen) atoms. The number of carbonyl (C=O) groups is 1. The molecule has 1 heterocycles. The molecule has 3 rings (SSSR count). The molecule has 8 heteroatoms. The Hall–Kier alpha value is -3.32. The van der Waals surface area contributed by atoms with Gasteiger partial charge in [-0.1, -0.05) is 43.6 Å². The van der Waals surface area contributed by atoms with Crippen LogP contribution in [0.2, 0.25) is 5.02 Å². The molecule has 0 saturated carbocycles. The van der Waals surface area contributed by atoms with Crippen LogP contribution in [-0.4, -0.2) is 23.0 Å². The number of nitrogens with one attached hydrogen (secondary N) is 1. The standard InChI is InChI=1S/C11H11N3O2.C9H9ClO2.C2H6/c1-12-11-3-2-8-13(11)9-4-6-10(7-5-9)14(15)16;1-7(12-6-11)8-4-2-3-5-9(8)10;1-2/h2-8,12H,1H3;2-7H,1H3;1-2H3. The summed E-state index contributed by atoms with van der Waals surface area (Å²) < 4.78 is 6.66. The van der Waals surface area contributed by atoms with Crippen LogP contribution in [0.1, 0.15) is 32.4 Å². The number of hydrogen-bond donors (Lipinski definition) is 1. The van der Waals surface area contributed by atoms with Crippen LogP contribution in [0.5, 0.6) is 0 Å². The van der Waals surface area contributed by atoms with E-state index in [4.69, 9.17) is 16.3 Å². The van der Waals surface area contributed by atoms with E-state index < -0.39 is 4.92 Å². The zero-order chi connectivity index (χ0) is 22.5. The number of nitrogens with zero attached hydrogens (tertiary/aromatic N) is 2. The molecule has 1 unspecified atom stereocenters. The van der Waals surface area contributed by atoms with Gasteiger partial charge in [0.05, 0.1) is 4.92 Å². The molecule has 0 aliphatic heterocycles. The van der Waals surface area contributed by atoms with Crippen LogP contribution >= 0.6 is 11.6 Å². The Morgan fingerprint density at radius 1 is 1.10 bits per heavy atom. The molecule has 160 valence electrons. The van der Waals surface area contributed by atoms with Gasteiger partial charge in [-0.15, -0.1) is 0 Å². The van der Waals surface area contributed by atoms with Crippen LogP contribution < -0.4 is 5.32 Å². The van der Waals surface area contributed by atoms with E-state index in [9.17, 15) is 14.9 Å². The summed E-state index contributed by atoms with van der Waals surface area (Å²) in [7, 11) is 1.83. The minimum atomic E-state index is -0.404. The van der Waals surface area contributed by atoms with E-state index in [2.05, 4.69) is 5.32 Å². The zero-order valence-electron chi connectivity index (χ0n) is 17.4. The number of nitro benzene ring substituents is 1. The molecule has 2 aromatic carbocycles. The maximum Gasteiger partial charge on any atom is 0.293 e. The van der Waals surface area contributed by atoms with Gasteiger partial charge in [-0.3, -0.25) is 14.9 Å². The molecular weight excluding hydrogens is 406 g/mol. The molecule has 1 N–H and O–H groups in total. The summed E-state index contributed by atoms with van der Waals surface area (Å²) in [4.78, 5) is 20.1. The average molecular weight is 432 g/mol. The number of aromatic nitrogens is 1. The van der Waals surface area contributed by atoms with Crippen molar-refractivity contribution >= 4 is 29.6 Å². The fourth-order valence-corrected chi connectivity index (χ4v) is 2.80. The summed E-state index contributed by atoms with van der Waals surface area (Å²) in [6.45, 7) is 6.20. The number of benzene rings is 2. The van der Waals surface area contributed by atoms with E-state index in [0.29, 0.717) is 11.5 Å². The molecule has 0 bridgehead atoms. The summed E-state index contributed by atoms with van der Waals surface area (Å²) in [5, 5.41) is 14.2. The van der Waals surface area contributed by atoms with Crippen LogP contribution in [0, 0.1) is 10.1 Å². The van der Waals surface area contributed by atoms with Gasteiger partial charge in [0, 0.05) is 41.7 Å². The van der Waals surface area contributed by atoms with Crippen molar-refractivity contribution in [3.63, 3.8) is 0 Å². The zero-order valence-corrected chi connectivity index (χ0v) is 18.2. The molecule has 0 radical (unpaired) electrons. The molecule has 0 amide bonds. The van der Waals surface area contributed by atoms with Crippen LogP contribution in [0.15, 0.2) is 66.9 Å². The number of rotatable bonds is 6. The van der Waals surface area contributed by atoms with Crippen LogP contribution in [-0.2, 0) is 9.53 Å². The largest absolute Gasteiger partial charge is 0.460 e. The first-order valence-electron chi connectivity index (χ1n) is 9.41. The van der Waals surface area contributed by atoms with Gasteiger partial charge in [0.2, 0.25) is 0 Å². The second kappa shape index (κ2) is 13.0. The van der Waals surface area contributed by atoms with Gasteiger partial charge >= 0.3 is 0 Å². The Morgan fingerprint density at radius 3 is 2.27 bits per heavy atom. The van der Waals surface area contributed by atoms with Crippen molar-refractivity contribution in [1.29, 1.82) is 0 Å². The topological polar surface area (TPSA) is 86.4 Å². The summed E-state index contributed by atoms with van der Waals surface area (Å²) in [5.41, 5.74) is 1.81. The first-order chi connectivity index (χ1) is 14.5. The summed E-state index contributed by atoms with van der Waals surface area (Å²) in [6, 6.07) is 17.6. The minimum absolute atomic E-state index is 0.0990. The molecule has 1 atom stereocenters. The van der Waals surface area contributed by atoms with Gasteiger partial charge in [-0.2, -0.15) is 0 Å². The first-order valence-corrected chi connectivity index (χ1v) is 9.79. The second-order valence-corrected chi connectivity index (χ2v) is 6.09. The Bertz CT molecular complexity index is 926. The number of non-ortho nitro benzene ring substituents is 1. The van der Waals surface area contributed by atoms with Crippen LogP contribution in [0.4, 0.5) is 11.5 Å². The van der Waals surface area contributed by atoms with Crippen LogP contribution in [0.25, 0.3) is 5.69 Å². The quantitative estimate of drug-likeness (QED) is 0.292. The molecule has 0 spiro atoms. The van der Waals surface area contributed by atoms with E-state index in [1.807, 2.05) is 62.0 Å². The molecule has 3 aromatic rings. The fraction of sp³-hybridized carbons (Fsp3) is 0.227. The van der Waals surface area contributed by atoms with Gasteiger partial charge in [0.1, 0.15) is 11.9 Å². The van der Waals surface area contributed by atoms with E-state index in [0.717, 1.165) is 17.1 Å². The molecule has 0 fully saturated rings. The summed E-state index contributed by atoms with van der Waals surface area (Å²) >= 11 is 5.86. The van der Waals surface area contributed by atoms with Crippen molar-refractivity contribution in [2.45, 2.75) is 26.9 Å². The van der Waals surface area contributed by atoms with E-state index in [-0.39, 0.29) is 11.8 Å². The molecule has 0 aliphatic carbocycles. The van der Waals surface area contributed by atoms with E-state index in [1.54, 1.807) is 25.1 Å². The third-order valence-corrected chi connectivity index (χ3v) is 4.29. The smallest absolute Gasteiger partial charge is 0.293 e. The average Bonchev–Trinajstić information content (AvgIpc) is 3.25. The van der Waals surface area contributed by atoms with E-state index in [1.165, 1.54) is 12.1 Å². The normalized spacial score (nSPS) is 10.4. The van der Waals surface area contributed by atoms with Gasteiger partial charge in [0.15, 0.2) is 0 Å². The van der Waals surface area contributed by atoms with Gasteiger partial charge in [-0.05, 0) is 37.3 Å². The number of carbonyl (C=O) groups excluding carboxylic acids is 1. The van der Waals surface area contributed by atoms with Crippen molar-refractivity contribution in [2.24, 2.45) is 0 Å². The van der Waals surface area contributed by atoms with Gasteiger partial charge in [-0.25, -0.2) is 0 Å². The number of anilines is 1. The van der Waals surface area contributed by atoms with Crippen molar-refractivity contribution in [3.05, 3.63) is 87.6 Å². The maximum absolute atomic E-state index is 10.5. The Balaban J connectivity index is 0.000000287. The molecule has 1 aromatic heterocycles. The number of hydrogen-bond acceptors (Lipinski definition) is 5. The van der Waals surface area contributed by atoms with Crippen molar-refractivity contribution in [1.82, 2.24) is 4.57 Å². The molecule has 7 nitrogen and oxygen atoms in total. The van der Waals surface area contributed by atoms with Gasteiger partial charge < -0.3 is 14.6 Å². The Labute approximate surface area is 181 Å². The first kappa shape index (κ1) is 24.7. The van der Waals surface area contributed by atoms with Crippen LogP contribution in [0.3, 0.4) is 0 Å². The Kier molecular flexibility index (Phi) is 10.7. The SMILES string of the molecule is CC.CC(OC=O)c1ccccc1Cl.CNc1cccn1-c1ccc([N+](=O)[O-])cc1. The number of ether oxygens (including phenoxy) is 1. The highest BCUT2D eigenvalue weighted by atomic mass is 35.5. The predicted octanol–water partition coefficient (Wildman–Crippen LogP) is 6.03. The summed E-state index contributed by atoms with van der Waals surface area (Å²) in [6.07, 6.45) is 1.61. The van der Waals surface area contributed by atoms with Crippen molar-refractivity contribution in [3.8, 4) is 5.69 Å². The van der Waals surface area contributed by atoms with Crippen molar-refractivity contribution < 1.29 is 14.5 Å². The lowest BCUT2D eigenvalue weighted by molar-refractivity contribution is -0.384. The van der Waals surface area contributed by atoms with E-state index >= 15 is 0 Å². The third kappa shape index (κ3) is 6.93. The lowest BCUT2D eigenvalue weighted by Crippen LogP contribution is -1.99. The summed E-state index contributed by atoms with van der Waals surface area (Å²) in [5.74, 6) is 0.939. The Morgan fingerprint density at radius 2 is 1.73 bits per heavy atom. The second-order valence-electron chi connectivity index (χ2n) is 5.68. The maximum atomic E-state index is 10.5. The number of nitro groups is 1. The fourth-order valence-electron chi connectivity index (χ4n) is 2.51. The highest BCUT2D eigenvalue weighted by molar-refractivity contribution is 6.31. The lowest BCUT2D eigenvalue weighted by Gasteiger charge is -2.10. The number of halogens is 1. The third-order valence-electron chi connectivity index (χ3n) is 3.95. The van der Waals surface area contributed by atoms with Crippen molar-refractivity contribution in [2.75, 3.05) is 12.4 Å². The highest BCUT2D eigenvalue weighted by Crippen LogP contribution is 2.24. The highest BCUT2D eigenvalue weighted by Gasteiger charge is 2.08.